The van der Waals surface area contributed by atoms with E-state index < -0.39 is 0 Å². The zero-order chi connectivity index (χ0) is 34.2. The summed E-state index contributed by atoms with van der Waals surface area (Å²) in [6, 6.07) is 49.6. The van der Waals surface area contributed by atoms with Gasteiger partial charge in [0.15, 0.2) is 0 Å². The summed E-state index contributed by atoms with van der Waals surface area (Å²) in [4.78, 5) is 0. The number of rotatable bonds is 0. The van der Waals surface area contributed by atoms with Crippen LogP contribution < -0.4 is 0 Å². The Morgan fingerprint density at radius 2 is 0.462 bits per heavy atom. The van der Waals surface area contributed by atoms with Crippen LogP contribution in [0.3, 0.4) is 0 Å². The summed E-state index contributed by atoms with van der Waals surface area (Å²) in [5, 5.41) is 0. The van der Waals surface area contributed by atoms with E-state index in [2.05, 4.69) is 121 Å². The van der Waals surface area contributed by atoms with Gasteiger partial charge in [-0.1, -0.05) is 0 Å². The van der Waals surface area contributed by atoms with Crippen molar-refractivity contribution in [3.05, 3.63) is 166 Å². The van der Waals surface area contributed by atoms with Crippen molar-refractivity contribution in [1.29, 1.82) is 0 Å². The summed E-state index contributed by atoms with van der Waals surface area (Å²) in [6.45, 7) is 0. The van der Waals surface area contributed by atoms with Crippen LogP contribution in [0.15, 0.2) is 121 Å². The molecule has 0 amide bonds. The summed E-state index contributed by atoms with van der Waals surface area (Å²) in [5.74, 6) is 0. The van der Waals surface area contributed by atoms with Crippen molar-refractivity contribution in [2.75, 3.05) is 0 Å². The summed E-state index contributed by atoms with van der Waals surface area (Å²) in [6.07, 6.45) is 8.73. The molecule has 0 atom stereocenters. The molecule has 52 heavy (non-hydrogen) atoms. The maximum absolute atomic E-state index is 2.56. The Morgan fingerprint density at radius 1 is 0.231 bits per heavy atom. The van der Waals surface area contributed by atoms with E-state index in [1.165, 1.54) is 66.8 Å². The number of hydrogen-bond acceptors (Lipinski definition) is 0. The molecule has 252 valence electrons. The molecule has 8 aliphatic carbocycles. The molecule has 0 spiro atoms. The van der Waals surface area contributed by atoms with Crippen LogP contribution in [0.25, 0.3) is 57.8 Å². The van der Waals surface area contributed by atoms with Crippen LogP contribution in [0.5, 0.6) is 0 Å². The molecule has 9 aliphatic rings. The fourth-order valence-corrected chi connectivity index (χ4v) is 18.5. The van der Waals surface area contributed by atoms with Gasteiger partial charge in [-0.2, -0.15) is 0 Å². The van der Waals surface area contributed by atoms with Crippen LogP contribution in [-0.2, 0) is 51.4 Å². The zero-order valence-electron chi connectivity index (χ0n) is 28.8. The van der Waals surface area contributed by atoms with Crippen molar-refractivity contribution in [3.63, 3.8) is 0 Å². The van der Waals surface area contributed by atoms with Crippen LogP contribution in [0, 0.1) is 0 Å². The molecular formula is C48H36Se4. The van der Waals surface area contributed by atoms with E-state index in [4.69, 9.17) is 0 Å². The molecule has 0 radical (unpaired) electrons. The van der Waals surface area contributed by atoms with E-state index in [0.717, 1.165) is 51.4 Å². The van der Waals surface area contributed by atoms with Gasteiger partial charge in [0.1, 0.15) is 0 Å². The molecule has 1 aliphatic heterocycles. The minimum absolute atomic E-state index is 0.332. The van der Waals surface area contributed by atoms with Gasteiger partial charge < -0.3 is 0 Å². The second-order valence-corrected chi connectivity index (χ2v) is 23.7. The summed E-state index contributed by atoms with van der Waals surface area (Å²) in [7, 11) is 0. The fraction of sp³-hybridized carbons (Fsp3) is 0.167. The third-order valence-corrected chi connectivity index (χ3v) is 22.4. The van der Waals surface area contributed by atoms with Gasteiger partial charge in [-0.3, -0.25) is 0 Å². The first-order valence-electron chi connectivity index (χ1n) is 18.6. The summed E-state index contributed by atoms with van der Waals surface area (Å²) < 4.78 is 12.6. The standard InChI is InChI=1S/C48H36Se4/c1-9-33-14-6-30-2-10-34-13-5-29(1)25-37(33)41-17-21-45(49-41)46-23-19-43(51-46)39-27-31-3-11-35(39)15-7-32-4-12-36(16-8-31)40(28-32)44-20-24-48(52-44)47-22-18-42(50-47)38(34)26-30/h1-4,9-12,17-28H,5-8,13-16H2. The zero-order valence-corrected chi connectivity index (χ0v) is 35.7. The van der Waals surface area contributed by atoms with Crippen molar-refractivity contribution in [2.24, 2.45) is 0 Å². The molecule has 4 heteroatoms. The quantitative estimate of drug-likeness (QED) is 0.133. The molecule has 0 nitrogen and oxygen atoms in total. The molecule has 0 fully saturated rings. The van der Waals surface area contributed by atoms with E-state index in [9.17, 15) is 0 Å². The Hall–Kier alpha value is -3.12. The molecule has 8 aromatic rings. The van der Waals surface area contributed by atoms with Crippen molar-refractivity contribution < 1.29 is 0 Å². The average Bonchev–Trinajstić information content (AvgIpc) is 4.00. The first-order valence-corrected chi connectivity index (χ1v) is 25.4. The Labute approximate surface area is 330 Å². The Bertz CT molecular complexity index is 2290. The van der Waals surface area contributed by atoms with Crippen molar-refractivity contribution >= 4 is 58.0 Å². The minimum atomic E-state index is 0.332. The predicted molar refractivity (Wildman–Crippen MR) is 223 cm³/mol. The van der Waals surface area contributed by atoms with Gasteiger partial charge in [-0.25, -0.2) is 0 Å². The van der Waals surface area contributed by atoms with Gasteiger partial charge in [0.05, 0.1) is 0 Å². The third kappa shape index (κ3) is 5.94. The van der Waals surface area contributed by atoms with E-state index >= 15 is 0 Å². The monoisotopic (exact) mass is 932 g/mol. The number of fused-ring (bicyclic) bond motifs is 10. The molecule has 0 saturated carbocycles. The third-order valence-electron chi connectivity index (χ3n) is 11.4. The second kappa shape index (κ2) is 13.3. The molecule has 17 rings (SSSR count). The molecule has 0 unspecified atom stereocenters. The SMILES string of the molecule is c1cc2c3cc1CCc1ccc(cc1-c1ccc([se]1)-c1ccc([se]1)-c1cc4ccc1CCc1ccc(c(c1)-c1ccc([se]1)-c1ccc-3[se]1)CC4)CC2. The Balaban J connectivity index is 1.08. The molecular weight excluding hydrogens is 892 g/mol. The van der Waals surface area contributed by atoms with Crippen LogP contribution in [0.4, 0.5) is 0 Å². The fourth-order valence-electron chi connectivity index (χ4n) is 8.48. The molecule has 5 heterocycles. The van der Waals surface area contributed by atoms with Gasteiger partial charge in [-0.05, 0) is 0 Å². The average molecular weight is 929 g/mol. The molecule has 4 aromatic heterocycles. The number of hydrogen-bond donors (Lipinski definition) is 0. The van der Waals surface area contributed by atoms with E-state index in [1.54, 1.807) is 35.5 Å². The summed E-state index contributed by atoms with van der Waals surface area (Å²) in [5.41, 5.74) is 18.1. The number of benzene rings is 4. The van der Waals surface area contributed by atoms with E-state index in [-0.39, 0.29) is 0 Å². The Kier molecular flexibility index (Phi) is 8.28. The Morgan fingerprint density at radius 3 is 0.712 bits per heavy atom. The number of aryl methyl sites for hydroxylation is 8. The van der Waals surface area contributed by atoms with Gasteiger partial charge in [-0.15, -0.1) is 0 Å². The predicted octanol–water partition coefficient (Wildman–Crippen LogP) is 10.00. The maximum atomic E-state index is 2.56. The molecule has 20 bridgehead atoms. The topological polar surface area (TPSA) is 0 Å². The van der Waals surface area contributed by atoms with Crippen molar-refractivity contribution in [1.82, 2.24) is 0 Å². The molecule has 0 saturated heterocycles. The molecule has 4 aromatic carbocycles. The first-order chi connectivity index (χ1) is 25.7. The van der Waals surface area contributed by atoms with Gasteiger partial charge in [0.25, 0.3) is 0 Å². The van der Waals surface area contributed by atoms with Gasteiger partial charge >= 0.3 is 333 Å². The second-order valence-electron chi connectivity index (χ2n) is 14.6. The van der Waals surface area contributed by atoms with E-state index in [0.29, 0.717) is 58.0 Å². The van der Waals surface area contributed by atoms with Crippen LogP contribution in [0.1, 0.15) is 44.5 Å². The normalized spacial score (nSPS) is 14.3. The van der Waals surface area contributed by atoms with Crippen LogP contribution >= 0.6 is 0 Å². The van der Waals surface area contributed by atoms with Crippen LogP contribution in [-0.4, -0.2) is 58.0 Å². The van der Waals surface area contributed by atoms with E-state index in [1.807, 2.05) is 0 Å². The van der Waals surface area contributed by atoms with Crippen molar-refractivity contribution in [3.8, 4) is 57.8 Å². The molecule has 0 N–H and O–H groups in total. The van der Waals surface area contributed by atoms with Gasteiger partial charge in [0.2, 0.25) is 0 Å². The summed E-state index contributed by atoms with van der Waals surface area (Å²) >= 11 is 1.33. The van der Waals surface area contributed by atoms with Crippen molar-refractivity contribution in [2.45, 2.75) is 51.4 Å². The van der Waals surface area contributed by atoms with Crippen LogP contribution in [0.2, 0.25) is 0 Å². The first kappa shape index (κ1) is 32.3. The van der Waals surface area contributed by atoms with Gasteiger partial charge in [0, 0.05) is 0 Å².